The number of halogens is 1. The first-order valence-corrected chi connectivity index (χ1v) is 9.10. The second kappa shape index (κ2) is 6.03. The minimum Gasteiger partial charge on any atom is -0.489 e. The molecule has 0 amide bonds. The standard InChI is InChI=1S/C14H20BrNO3S/c1-9-3-4-11(7-10(9)2)19-14-6-5-12(8-13(14)15)20(16,17)18/h5-6,8-11H,3-4,7H2,1-2H3,(H2,16,17,18). The van der Waals surface area contributed by atoms with Gasteiger partial charge in [0.25, 0.3) is 0 Å². The van der Waals surface area contributed by atoms with Gasteiger partial charge in [-0.3, -0.25) is 0 Å². The van der Waals surface area contributed by atoms with Gasteiger partial charge in [0, 0.05) is 0 Å². The van der Waals surface area contributed by atoms with E-state index in [1.54, 1.807) is 6.07 Å². The van der Waals surface area contributed by atoms with Crippen molar-refractivity contribution in [2.24, 2.45) is 17.0 Å². The zero-order chi connectivity index (χ0) is 14.9. The normalized spacial score (nSPS) is 27.3. The molecule has 20 heavy (non-hydrogen) atoms. The quantitative estimate of drug-likeness (QED) is 0.897. The predicted octanol–water partition coefficient (Wildman–Crippen LogP) is 3.30. The summed E-state index contributed by atoms with van der Waals surface area (Å²) < 4.78 is 29.2. The zero-order valence-corrected chi connectivity index (χ0v) is 14.1. The number of primary sulfonamides is 1. The minimum atomic E-state index is -3.68. The Bertz CT molecular complexity index is 588. The summed E-state index contributed by atoms with van der Waals surface area (Å²) in [6.45, 7) is 4.52. The average molecular weight is 362 g/mol. The molecular formula is C14H20BrNO3S. The summed E-state index contributed by atoms with van der Waals surface area (Å²) >= 11 is 3.35. The van der Waals surface area contributed by atoms with E-state index in [0.717, 1.165) is 18.8 Å². The van der Waals surface area contributed by atoms with Crippen LogP contribution in [0.1, 0.15) is 33.1 Å². The van der Waals surface area contributed by atoms with Crippen molar-refractivity contribution in [2.75, 3.05) is 0 Å². The molecule has 1 aliphatic carbocycles. The van der Waals surface area contributed by atoms with E-state index in [9.17, 15) is 8.42 Å². The van der Waals surface area contributed by atoms with Crippen LogP contribution in [-0.2, 0) is 10.0 Å². The Morgan fingerprint density at radius 1 is 1.25 bits per heavy atom. The molecule has 6 heteroatoms. The van der Waals surface area contributed by atoms with Gasteiger partial charge in [-0.15, -0.1) is 0 Å². The molecule has 0 saturated heterocycles. The van der Waals surface area contributed by atoms with Crippen molar-refractivity contribution in [3.63, 3.8) is 0 Å². The van der Waals surface area contributed by atoms with Crippen LogP contribution in [-0.4, -0.2) is 14.5 Å². The lowest BCUT2D eigenvalue weighted by Gasteiger charge is -2.32. The average Bonchev–Trinajstić information content (AvgIpc) is 2.35. The Hall–Kier alpha value is -0.590. The first-order valence-electron chi connectivity index (χ1n) is 6.76. The first kappa shape index (κ1) is 15.8. The van der Waals surface area contributed by atoms with E-state index >= 15 is 0 Å². The Kier molecular flexibility index (Phi) is 4.76. The Balaban J connectivity index is 2.11. The maximum atomic E-state index is 11.3. The fourth-order valence-electron chi connectivity index (χ4n) is 2.54. The molecule has 0 radical (unpaired) electrons. The van der Waals surface area contributed by atoms with Gasteiger partial charge in [0.2, 0.25) is 10.0 Å². The van der Waals surface area contributed by atoms with Crippen molar-refractivity contribution in [1.29, 1.82) is 0 Å². The van der Waals surface area contributed by atoms with Gasteiger partial charge in [-0.1, -0.05) is 13.8 Å². The highest BCUT2D eigenvalue weighted by Gasteiger charge is 2.26. The van der Waals surface area contributed by atoms with Crippen LogP contribution in [0.5, 0.6) is 5.75 Å². The molecule has 1 aliphatic rings. The molecule has 4 nitrogen and oxygen atoms in total. The fraction of sp³-hybridized carbons (Fsp3) is 0.571. The van der Waals surface area contributed by atoms with E-state index in [4.69, 9.17) is 9.88 Å². The van der Waals surface area contributed by atoms with Crippen LogP contribution in [0.2, 0.25) is 0 Å². The predicted molar refractivity (Wildman–Crippen MR) is 82.1 cm³/mol. The summed E-state index contributed by atoms with van der Waals surface area (Å²) in [4.78, 5) is 0.0855. The summed E-state index contributed by atoms with van der Waals surface area (Å²) in [5.74, 6) is 2.06. The third-order valence-electron chi connectivity index (χ3n) is 4.08. The smallest absolute Gasteiger partial charge is 0.238 e. The highest BCUT2D eigenvalue weighted by atomic mass is 79.9. The monoisotopic (exact) mass is 361 g/mol. The SMILES string of the molecule is CC1CCC(Oc2ccc(S(N)(=O)=O)cc2Br)CC1C. The van der Waals surface area contributed by atoms with Gasteiger partial charge in [-0.2, -0.15) is 0 Å². The molecule has 1 aromatic rings. The van der Waals surface area contributed by atoms with Gasteiger partial charge in [0.15, 0.2) is 0 Å². The van der Waals surface area contributed by atoms with Crippen LogP contribution in [0.4, 0.5) is 0 Å². The first-order chi connectivity index (χ1) is 9.27. The van der Waals surface area contributed by atoms with E-state index in [1.165, 1.54) is 18.6 Å². The highest BCUT2D eigenvalue weighted by Crippen LogP contribution is 2.34. The molecule has 0 aliphatic heterocycles. The Labute approximate surface area is 128 Å². The van der Waals surface area contributed by atoms with E-state index < -0.39 is 10.0 Å². The van der Waals surface area contributed by atoms with E-state index in [1.807, 2.05) is 0 Å². The van der Waals surface area contributed by atoms with Crippen molar-refractivity contribution < 1.29 is 13.2 Å². The minimum absolute atomic E-state index is 0.0855. The van der Waals surface area contributed by atoms with E-state index in [2.05, 4.69) is 29.8 Å². The van der Waals surface area contributed by atoms with Crippen LogP contribution in [0.15, 0.2) is 27.6 Å². The third kappa shape index (κ3) is 3.74. The molecule has 3 unspecified atom stereocenters. The van der Waals surface area contributed by atoms with Crippen LogP contribution in [0.3, 0.4) is 0 Å². The molecule has 0 spiro atoms. The Morgan fingerprint density at radius 2 is 1.95 bits per heavy atom. The molecule has 1 fully saturated rings. The molecule has 1 saturated carbocycles. The lowest BCUT2D eigenvalue weighted by Crippen LogP contribution is -2.28. The second-order valence-electron chi connectivity index (χ2n) is 5.64. The van der Waals surface area contributed by atoms with Crippen molar-refractivity contribution >= 4 is 26.0 Å². The molecular weight excluding hydrogens is 342 g/mol. The summed E-state index contributed by atoms with van der Waals surface area (Å²) in [6, 6.07) is 4.62. The van der Waals surface area contributed by atoms with E-state index in [-0.39, 0.29) is 11.0 Å². The van der Waals surface area contributed by atoms with Gasteiger partial charge < -0.3 is 4.74 Å². The summed E-state index contributed by atoms with van der Waals surface area (Å²) in [5, 5.41) is 5.10. The topological polar surface area (TPSA) is 69.4 Å². The van der Waals surface area contributed by atoms with Gasteiger partial charge in [0.05, 0.1) is 15.5 Å². The second-order valence-corrected chi connectivity index (χ2v) is 8.06. The number of sulfonamides is 1. The highest BCUT2D eigenvalue weighted by molar-refractivity contribution is 9.10. The molecule has 3 atom stereocenters. The molecule has 0 bridgehead atoms. The van der Waals surface area contributed by atoms with Crippen molar-refractivity contribution in [3.8, 4) is 5.75 Å². The largest absolute Gasteiger partial charge is 0.489 e. The van der Waals surface area contributed by atoms with Crippen LogP contribution in [0, 0.1) is 11.8 Å². The van der Waals surface area contributed by atoms with Gasteiger partial charge in [-0.05, 0) is 65.2 Å². The number of hydrogen-bond donors (Lipinski definition) is 1. The lowest BCUT2D eigenvalue weighted by molar-refractivity contribution is 0.0999. The van der Waals surface area contributed by atoms with Crippen LogP contribution < -0.4 is 9.88 Å². The summed E-state index contributed by atoms with van der Waals surface area (Å²) in [5.41, 5.74) is 0. The molecule has 2 N–H and O–H groups in total. The van der Waals surface area contributed by atoms with Crippen molar-refractivity contribution in [3.05, 3.63) is 22.7 Å². The summed E-state index contributed by atoms with van der Waals surface area (Å²) in [7, 11) is -3.68. The van der Waals surface area contributed by atoms with E-state index in [0.29, 0.717) is 16.1 Å². The zero-order valence-electron chi connectivity index (χ0n) is 11.7. The maximum absolute atomic E-state index is 11.3. The van der Waals surface area contributed by atoms with Gasteiger partial charge in [0.1, 0.15) is 5.75 Å². The third-order valence-corrected chi connectivity index (χ3v) is 5.61. The van der Waals surface area contributed by atoms with Crippen molar-refractivity contribution in [2.45, 2.75) is 44.1 Å². The fourth-order valence-corrected chi connectivity index (χ4v) is 3.70. The Morgan fingerprint density at radius 3 is 2.50 bits per heavy atom. The number of rotatable bonds is 3. The summed E-state index contributed by atoms with van der Waals surface area (Å²) in [6.07, 6.45) is 3.43. The molecule has 112 valence electrons. The van der Waals surface area contributed by atoms with Crippen LogP contribution in [0.25, 0.3) is 0 Å². The molecule has 0 heterocycles. The van der Waals surface area contributed by atoms with Crippen molar-refractivity contribution in [1.82, 2.24) is 0 Å². The molecule has 2 rings (SSSR count). The number of ether oxygens (including phenoxy) is 1. The van der Waals surface area contributed by atoms with Gasteiger partial charge >= 0.3 is 0 Å². The van der Waals surface area contributed by atoms with Gasteiger partial charge in [-0.25, -0.2) is 13.6 Å². The van der Waals surface area contributed by atoms with Crippen LogP contribution >= 0.6 is 15.9 Å². The molecule has 1 aromatic carbocycles. The molecule has 0 aromatic heterocycles. The maximum Gasteiger partial charge on any atom is 0.238 e. The number of nitrogens with two attached hydrogens (primary N) is 1. The number of hydrogen-bond acceptors (Lipinski definition) is 3. The lowest BCUT2D eigenvalue weighted by atomic mass is 9.80. The number of benzene rings is 1.